The van der Waals surface area contributed by atoms with Crippen molar-refractivity contribution in [2.45, 2.75) is 24.9 Å². The summed E-state index contributed by atoms with van der Waals surface area (Å²) in [6, 6.07) is 12.4. The summed E-state index contributed by atoms with van der Waals surface area (Å²) in [6.07, 6.45) is 4.09. The number of anilines is 2. The first kappa shape index (κ1) is 16.3. The predicted molar refractivity (Wildman–Crippen MR) is 103 cm³/mol. The van der Waals surface area contributed by atoms with Gasteiger partial charge in [-0.1, -0.05) is 29.5 Å². The number of aromatic nitrogens is 1. The van der Waals surface area contributed by atoms with Crippen molar-refractivity contribution < 1.29 is 0 Å². The summed E-state index contributed by atoms with van der Waals surface area (Å²) in [5.74, 6) is 7.65. The van der Waals surface area contributed by atoms with Crippen molar-refractivity contribution in [1.29, 1.82) is 0 Å². The molecule has 2 fully saturated rings. The van der Waals surface area contributed by atoms with Crippen molar-refractivity contribution in [2.24, 2.45) is 0 Å². The molecule has 2 aliphatic heterocycles. The van der Waals surface area contributed by atoms with Gasteiger partial charge in [-0.05, 0) is 43.2 Å². The predicted octanol–water partition coefficient (Wildman–Crippen LogP) is 3.02. The number of hydrogen-bond donors (Lipinski definition) is 1. The van der Waals surface area contributed by atoms with Crippen LogP contribution in [0.4, 0.5) is 11.5 Å². The molecule has 1 aromatic carbocycles. The van der Waals surface area contributed by atoms with Gasteiger partial charge in [0.05, 0.1) is 11.7 Å². The van der Waals surface area contributed by atoms with Crippen LogP contribution < -0.4 is 10.6 Å². The van der Waals surface area contributed by atoms with Crippen molar-refractivity contribution in [2.75, 3.05) is 30.3 Å². The van der Waals surface area contributed by atoms with E-state index in [4.69, 9.17) is 17.3 Å². The molecule has 128 valence electrons. The zero-order chi connectivity index (χ0) is 17.2. The third-order valence-corrected chi connectivity index (χ3v) is 5.26. The van der Waals surface area contributed by atoms with Gasteiger partial charge in [0.25, 0.3) is 0 Å². The number of nitrogens with two attached hydrogens (primary N) is 1. The average molecular weight is 353 g/mol. The Morgan fingerprint density at radius 1 is 1.16 bits per heavy atom. The molecule has 0 aliphatic carbocycles. The number of nitrogen functional groups attached to an aromatic ring is 1. The second-order valence-electron chi connectivity index (χ2n) is 6.63. The van der Waals surface area contributed by atoms with E-state index in [0.29, 0.717) is 12.1 Å². The summed E-state index contributed by atoms with van der Waals surface area (Å²) in [4.78, 5) is 9.31. The van der Waals surface area contributed by atoms with Gasteiger partial charge in [0.2, 0.25) is 0 Å². The minimum absolute atomic E-state index is 0.326. The molecule has 0 spiro atoms. The van der Waals surface area contributed by atoms with Crippen molar-refractivity contribution in [3.63, 3.8) is 0 Å². The summed E-state index contributed by atoms with van der Waals surface area (Å²) in [5, 5.41) is 0.734. The van der Waals surface area contributed by atoms with Crippen molar-refractivity contribution in [3.05, 3.63) is 53.2 Å². The fourth-order valence-electron chi connectivity index (χ4n) is 3.81. The van der Waals surface area contributed by atoms with Crippen LogP contribution >= 0.6 is 11.6 Å². The van der Waals surface area contributed by atoms with Gasteiger partial charge in [-0.15, -0.1) is 0 Å². The quantitative estimate of drug-likeness (QED) is 0.801. The second kappa shape index (κ2) is 6.95. The zero-order valence-corrected chi connectivity index (χ0v) is 14.8. The maximum atomic E-state index is 6.09. The van der Waals surface area contributed by atoms with Crippen molar-refractivity contribution in [1.82, 2.24) is 9.88 Å². The van der Waals surface area contributed by atoms with E-state index in [9.17, 15) is 0 Å². The smallest absolute Gasteiger partial charge is 0.151 e. The van der Waals surface area contributed by atoms with E-state index in [2.05, 4.69) is 26.6 Å². The zero-order valence-electron chi connectivity index (χ0n) is 14.0. The van der Waals surface area contributed by atoms with Crippen LogP contribution in [0.1, 0.15) is 18.4 Å². The van der Waals surface area contributed by atoms with E-state index < -0.39 is 0 Å². The Morgan fingerprint density at radius 3 is 2.92 bits per heavy atom. The molecule has 4 rings (SSSR count). The lowest BCUT2D eigenvalue weighted by Crippen LogP contribution is -2.52. The fourth-order valence-corrected chi connectivity index (χ4v) is 4.00. The Hall–Kier alpha value is -2.22. The van der Waals surface area contributed by atoms with Gasteiger partial charge in [0, 0.05) is 42.5 Å². The van der Waals surface area contributed by atoms with E-state index in [-0.39, 0.29) is 0 Å². The van der Waals surface area contributed by atoms with Crippen LogP contribution in [0.25, 0.3) is 0 Å². The lowest BCUT2D eigenvalue weighted by atomic mass is 10.1. The molecule has 2 aromatic rings. The molecule has 25 heavy (non-hydrogen) atoms. The summed E-state index contributed by atoms with van der Waals surface area (Å²) < 4.78 is 0. The van der Waals surface area contributed by atoms with Gasteiger partial charge in [0.1, 0.15) is 0 Å². The fraction of sp³-hybridized carbons (Fsp3) is 0.350. The molecule has 2 aliphatic rings. The molecule has 5 heteroatoms. The van der Waals surface area contributed by atoms with Gasteiger partial charge in [-0.2, -0.15) is 0 Å². The lowest BCUT2D eigenvalue weighted by molar-refractivity contribution is 0.203. The second-order valence-corrected chi connectivity index (χ2v) is 7.06. The van der Waals surface area contributed by atoms with E-state index in [1.54, 1.807) is 0 Å². The molecule has 0 amide bonds. The van der Waals surface area contributed by atoms with Crippen LogP contribution in [0.2, 0.25) is 5.02 Å². The number of halogens is 1. The Kier molecular flexibility index (Phi) is 4.52. The largest absolute Gasteiger partial charge is 0.396 e. The maximum absolute atomic E-state index is 6.09. The SMILES string of the molecule is Nc1cccnc1N1CCN2[C@@H](CC[C@@H]2C#Cc2cccc(Cl)c2)C1. The summed E-state index contributed by atoms with van der Waals surface area (Å²) in [7, 11) is 0. The summed E-state index contributed by atoms with van der Waals surface area (Å²) in [6.45, 7) is 2.90. The number of nitrogens with zero attached hydrogens (tertiary/aromatic N) is 3. The highest BCUT2D eigenvalue weighted by atomic mass is 35.5. The Morgan fingerprint density at radius 2 is 2.08 bits per heavy atom. The van der Waals surface area contributed by atoms with E-state index in [0.717, 1.165) is 54.6 Å². The molecule has 0 bridgehead atoms. The van der Waals surface area contributed by atoms with E-state index in [1.165, 1.54) is 0 Å². The summed E-state index contributed by atoms with van der Waals surface area (Å²) in [5.41, 5.74) is 7.83. The number of hydrogen-bond acceptors (Lipinski definition) is 4. The first-order valence-corrected chi connectivity index (χ1v) is 9.07. The topological polar surface area (TPSA) is 45.4 Å². The van der Waals surface area contributed by atoms with E-state index >= 15 is 0 Å². The van der Waals surface area contributed by atoms with Crippen LogP contribution in [-0.4, -0.2) is 41.6 Å². The van der Waals surface area contributed by atoms with Gasteiger partial charge < -0.3 is 10.6 Å². The minimum Gasteiger partial charge on any atom is -0.396 e. The molecule has 1 aromatic heterocycles. The summed E-state index contributed by atoms with van der Waals surface area (Å²) >= 11 is 6.04. The highest BCUT2D eigenvalue weighted by Crippen LogP contribution is 2.30. The minimum atomic E-state index is 0.326. The van der Waals surface area contributed by atoms with Crippen LogP contribution in [0.15, 0.2) is 42.6 Å². The molecule has 0 saturated carbocycles. The van der Waals surface area contributed by atoms with Crippen LogP contribution in [-0.2, 0) is 0 Å². The van der Waals surface area contributed by atoms with Gasteiger partial charge in [-0.3, -0.25) is 4.90 Å². The Labute approximate surface area is 153 Å². The molecule has 0 unspecified atom stereocenters. The number of benzene rings is 1. The monoisotopic (exact) mass is 352 g/mol. The van der Waals surface area contributed by atoms with Crippen molar-refractivity contribution >= 4 is 23.1 Å². The highest BCUT2D eigenvalue weighted by Gasteiger charge is 2.37. The third kappa shape index (κ3) is 3.44. The molecule has 2 atom stereocenters. The average Bonchev–Trinajstić information content (AvgIpc) is 3.03. The van der Waals surface area contributed by atoms with Gasteiger partial charge >= 0.3 is 0 Å². The Balaban J connectivity index is 1.45. The van der Waals surface area contributed by atoms with E-state index in [1.807, 2.05) is 42.6 Å². The molecular weight excluding hydrogens is 332 g/mol. The lowest BCUT2D eigenvalue weighted by Gasteiger charge is -2.39. The number of fused-ring (bicyclic) bond motifs is 1. The third-order valence-electron chi connectivity index (χ3n) is 5.03. The molecule has 3 heterocycles. The first-order valence-electron chi connectivity index (χ1n) is 8.69. The van der Waals surface area contributed by atoms with Crippen LogP contribution in [0, 0.1) is 11.8 Å². The van der Waals surface area contributed by atoms with Crippen LogP contribution in [0.5, 0.6) is 0 Å². The number of rotatable bonds is 1. The maximum Gasteiger partial charge on any atom is 0.151 e. The molecule has 4 nitrogen and oxygen atoms in total. The van der Waals surface area contributed by atoms with Crippen LogP contribution in [0.3, 0.4) is 0 Å². The Bertz CT molecular complexity index is 826. The van der Waals surface area contributed by atoms with Gasteiger partial charge in [0.15, 0.2) is 5.82 Å². The van der Waals surface area contributed by atoms with Gasteiger partial charge in [-0.25, -0.2) is 4.98 Å². The first-order chi connectivity index (χ1) is 12.2. The number of pyridine rings is 1. The molecule has 2 N–H and O–H groups in total. The molecule has 0 radical (unpaired) electrons. The molecular formula is C20H21ClN4. The number of piperazine rings is 1. The van der Waals surface area contributed by atoms with Crippen molar-refractivity contribution in [3.8, 4) is 11.8 Å². The molecule has 2 saturated heterocycles. The highest BCUT2D eigenvalue weighted by molar-refractivity contribution is 6.30. The normalized spacial score (nSPS) is 23.0. The standard InChI is InChI=1S/C20H21ClN4/c21-16-4-1-3-15(13-16)6-7-17-8-9-18-14-24(11-12-25(17)18)20-19(22)5-2-10-23-20/h1-5,10,13,17-18H,8-9,11-12,14,22H2/t17-,18-/m0/s1.